The van der Waals surface area contributed by atoms with Crippen LogP contribution in [0.15, 0.2) is 22.5 Å². The molecule has 28 heavy (non-hydrogen) atoms. The van der Waals surface area contributed by atoms with Gasteiger partial charge in [-0.25, -0.2) is 0 Å². The van der Waals surface area contributed by atoms with Crippen LogP contribution >= 0.6 is 23.1 Å². The Balaban J connectivity index is 1.34. The summed E-state index contributed by atoms with van der Waals surface area (Å²) in [6, 6.07) is 6.42. The van der Waals surface area contributed by atoms with E-state index >= 15 is 0 Å². The highest BCUT2D eigenvalue weighted by atomic mass is 32.2. The molecule has 1 saturated carbocycles. The summed E-state index contributed by atoms with van der Waals surface area (Å²) in [5.41, 5.74) is 3.48. The number of rotatable bonds is 5. The molecule has 1 aromatic heterocycles. The van der Waals surface area contributed by atoms with E-state index < -0.39 is 0 Å². The number of carbonyl (C=O) groups excluding carboxylic acids is 1. The summed E-state index contributed by atoms with van der Waals surface area (Å²) in [5.74, 6) is 0.589. The number of nitrogens with zero attached hydrogens (tertiary/aromatic N) is 3. The minimum atomic E-state index is 0.185. The van der Waals surface area contributed by atoms with Gasteiger partial charge in [-0.1, -0.05) is 48.1 Å². The van der Waals surface area contributed by atoms with Crippen LogP contribution in [0, 0.1) is 13.8 Å². The molecular weight excluding hydrogens is 392 g/mol. The predicted octanol–water partition coefficient (Wildman–Crippen LogP) is 4.16. The van der Waals surface area contributed by atoms with Crippen molar-refractivity contribution in [2.45, 2.75) is 56.0 Å². The van der Waals surface area contributed by atoms with E-state index in [0.29, 0.717) is 18.9 Å². The number of anilines is 2. The fraction of sp³-hybridized carbons (Fsp3) is 0.550. The van der Waals surface area contributed by atoms with Crippen LogP contribution in [0.5, 0.6) is 0 Å². The Bertz CT molecular complexity index is 839. The highest BCUT2D eigenvalue weighted by molar-refractivity contribution is 8.01. The minimum Gasteiger partial charge on any atom is -0.374 e. The Morgan fingerprint density at radius 2 is 2.18 bits per heavy atom. The molecule has 8 heteroatoms. The first kappa shape index (κ1) is 19.7. The first-order chi connectivity index (χ1) is 13.6. The fourth-order valence-corrected chi connectivity index (χ4v) is 5.58. The number of morpholine rings is 1. The summed E-state index contributed by atoms with van der Waals surface area (Å²) in [7, 11) is 0. The van der Waals surface area contributed by atoms with Crippen molar-refractivity contribution in [2.24, 2.45) is 0 Å². The number of benzene rings is 1. The molecule has 0 spiro atoms. The van der Waals surface area contributed by atoms with Gasteiger partial charge in [0.2, 0.25) is 11.0 Å². The standard InChI is InChI=1S/C20H26N4O2S2/c1-13-6-5-7-15(14(13)2)21-19-22-23-20(28-19)27-12-18(25)24-10-11-26-17-9-4-3-8-16(17)24/h5-7,16-17H,3-4,8-12H2,1-2H3,(H,21,22). The first-order valence-corrected chi connectivity index (χ1v) is 11.6. The highest BCUT2D eigenvalue weighted by Gasteiger charge is 2.36. The van der Waals surface area contributed by atoms with Crippen molar-refractivity contribution in [3.8, 4) is 0 Å². The summed E-state index contributed by atoms with van der Waals surface area (Å²) in [6.07, 6.45) is 4.76. The summed E-state index contributed by atoms with van der Waals surface area (Å²) in [6.45, 7) is 5.54. The monoisotopic (exact) mass is 418 g/mol. The topological polar surface area (TPSA) is 67.4 Å². The lowest BCUT2D eigenvalue weighted by Gasteiger charge is -2.43. The number of thioether (sulfide) groups is 1. The van der Waals surface area contributed by atoms with Gasteiger partial charge < -0.3 is 15.0 Å². The molecule has 2 atom stereocenters. The van der Waals surface area contributed by atoms with E-state index in [1.807, 2.05) is 17.0 Å². The Morgan fingerprint density at radius 1 is 1.32 bits per heavy atom. The van der Waals surface area contributed by atoms with Crippen LogP contribution in [-0.4, -0.2) is 52.1 Å². The summed E-state index contributed by atoms with van der Waals surface area (Å²) in [5, 5.41) is 12.6. The van der Waals surface area contributed by atoms with Crippen LogP contribution in [0.4, 0.5) is 10.8 Å². The van der Waals surface area contributed by atoms with E-state index in [2.05, 4.69) is 35.4 Å². The maximum atomic E-state index is 12.8. The van der Waals surface area contributed by atoms with Crippen molar-refractivity contribution >= 4 is 39.8 Å². The fourth-order valence-electron chi connectivity index (χ4n) is 3.93. The number of ether oxygens (including phenoxy) is 1. The molecule has 150 valence electrons. The van der Waals surface area contributed by atoms with Gasteiger partial charge in [-0.15, -0.1) is 10.2 Å². The van der Waals surface area contributed by atoms with Crippen molar-refractivity contribution in [1.82, 2.24) is 15.1 Å². The van der Waals surface area contributed by atoms with Gasteiger partial charge in [-0.2, -0.15) is 0 Å². The number of amides is 1. The minimum absolute atomic E-state index is 0.185. The molecule has 2 unspecified atom stereocenters. The van der Waals surface area contributed by atoms with E-state index in [1.54, 1.807) is 0 Å². The zero-order valence-electron chi connectivity index (χ0n) is 16.3. The molecule has 2 aromatic rings. The largest absolute Gasteiger partial charge is 0.374 e. The Hall–Kier alpha value is -1.64. The van der Waals surface area contributed by atoms with Crippen LogP contribution < -0.4 is 5.32 Å². The van der Waals surface area contributed by atoms with E-state index in [-0.39, 0.29) is 18.1 Å². The SMILES string of the molecule is Cc1cccc(Nc2nnc(SCC(=O)N3CCOC4CCCCC43)s2)c1C. The molecule has 2 aliphatic rings. The summed E-state index contributed by atoms with van der Waals surface area (Å²) >= 11 is 2.96. The van der Waals surface area contributed by atoms with Gasteiger partial charge in [0.05, 0.1) is 24.5 Å². The number of hydrogen-bond donors (Lipinski definition) is 1. The third-order valence-corrected chi connectivity index (χ3v) is 7.58. The predicted molar refractivity (Wildman–Crippen MR) is 114 cm³/mol. The second-order valence-corrected chi connectivity index (χ2v) is 9.58. The van der Waals surface area contributed by atoms with Crippen LogP contribution in [0.1, 0.15) is 36.8 Å². The lowest BCUT2D eigenvalue weighted by Crippen LogP contribution is -2.55. The van der Waals surface area contributed by atoms with Crippen LogP contribution in [-0.2, 0) is 9.53 Å². The molecule has 1 aromatic carbocycles. The second-order valence-electron chi connectivity index (χ2n) is 7.38. The molecule has 1 aliphatic heterocycles. The number of hydrogen-bond acceptors (Lipinski definition) is 7. The molecule has 1 aliphatic carbocycles. The molecule has 1 amide bonds. The number of fused-ring (bicyclic) bond motifs is 1. The van der Waals surface area contributed by atoms with Gasteiger partial charge >= 0.3 is 0 Å². The summed E-state index contributed by atoms with van der Waals surface area (Å²) in [4.78, 5) is 14.8. The molecule has 1 saturated heterocycles. The zero-order valence-corrected chi connectivity index (χ0v) is 17.9. The lowest BCUT2D eigenvalue weighted by atomic mass is 9.90. The number of aromatic nitrogens is 2. The average molecular weight is 419 g/mol. The maximum Gasteiger partial charge on any atom is 0.233 e. The molecule has 2 heterocycles. The van der Waals surface area contributed by atoms with Crippen molar-refractivity contribution in [1.29, 1.82) is 0 Å². The van der Waals surface area contributed by atoms with Crippen molar-refractivity contribution < 1.29 is 9.53 Å². The first-order valence-electron chi connectivity index (χ1n) is 9.82. The molecule has 1 N–H and O–H groups in total. The molecule has 0 bridgehead atoms. The van der Waals surface area contributed by atoms with Crippen LogP contribution in [0.25, 0.3) is 0 Å². The zero-order chi connectivity index (χ0) is 19.5. The van der Waals surface area contributed by atoms with Gasteiger partial charge in [0.1, 0.15) is 0 Å². The number of nitrogens with one attached hydrogen (secondary N) is 1. The van der Waals surface area contributed by atoms with Gasteiger partial charge in [0.25, 0.3) is 0 Å². The van der Waals surface area contributed by atoms with Crippen LogP contribution in [0.3, 0.4) is 0 Å². The van der Waals surface area contributed by atoms with Crippen molar-refractivity contribution in [3.05, 3.63) is 29.3 Å². The van der Waals surface area contributed by atoms with E-state index in [0.717, 1.165) is 28.0 Å². The highest BCUT2D eigenvalue weighted by Crippen LogP contribution is 2.32. The number of carbonyl (C=O) groups is 1. The van der Waals surface area contributed by atoms with Gasteiger partial charge in [0.15, 0.2) is 4.34 Å². The Labute approximate surface area is 174 Å². The van der Waals surface area contributed by atoms with Crippen molar-refractivity contribution in [3.63, 3.8) is 0 Å². The molecule has 6 nitrogen and oxygen atoms in total. The Kier molecular flexibility index (Phi) is 6.18. The number of aryl methyl sites for hydroxylation is 1. The molecule has 2 fully saturated rings. The van der Waals surface area contributed by atoms with E-state index in [4.69, 9.17) is 4.74 Å². The third-order valence-electron chi connectivity index (χ3n) is 5.62. The smallest absolute Gasteiger partial charge is 0.233 e. The molecular formula is C20H26N4O2S2. The van der Waals surface area contributed by atoms with Crippen molar-refractivity contribution in [2.75, 3.05) is 24.2 Å². The molecule has 0 radical (unpaired) electrons. The van der Waals surface area contributed by atoms with Gasteiger partial charge in [-0.3, -0.25) is 4.79 Å². The normalized spacial score (nSPS) is 22.0. The second kappa shape index (κ2) is 8.80. The maximum absolute atomic E-state index is 12.8. The average Bonchev–Trinajstić information content (AvgIpc) is 3.16. The molecule has 4 rings (SSSR count). The Morgan fingerprint density at radius 3 is 3.07 bits per heavy atom. The van der Waals surface area contributed by atoms with Gasteiger partial charge in [-0.05, 0) is 43.9 Å². The summed E-state index contributed by atoms with van der Waals surface area (Å²) < 4.78 is 6.69. The van der Waals surface area contributed by atoms with E-state index in [1.165, 1.54) is 47.1 Å². The third kappa shape index (κ3) is 4.34. The lowest BCUT2D eigenvalue weighted by molar-refractivity contribution is -0.146. The quantitative estimate of drug-likeness (QED) is 0.736. The van der Waals surface area contributed by atoms with Crippen LogP contribution in [0.2, 0.25) is 0 Å². The van der Waals surface area contributed by atoms with Gasteiger partial charge in [0, 0.05) is 12.2 Å². The van der Waals surface area contributed by atoms with E-state index in [9.17, 15) is 4.79 Å².